The van der Waals surface area contributed by atoms with Crippen LogP contribution < -0.4 is 0 Å². The van der Waals surface area contributed by atoms with Crippen LogP contribution in [-0.4, -0.2) is 57.7 Å². The van der Waals surface area contributed by atoms with Crippen LogP contribution >= 0.6 is 0 Å². The van der Waals surface area contributed by atoms with Crippen LogP contribution in [0, 0.1) is 6.92 Å². The summed E-state index contributed by atoms with van der Waals surface area (Å²) in [5.41, 5.74) is 1.38. The number of esters is 1. The Morgan fingerprint density at radius 1 is 1.22 bits per heavy atom. The number of quaternary nitrogens is 1. The number of hydrogen-bond donors (Lipinski definition) is 0. The highest BCUT2D eigenvalue weighted by atomic mass is 32.2. The molecule has 7 heteroatoms. The molecule has 6 nitrogen and oxygen atoms in total. The second-order valence-corrected chi connectivity index (χ2v) is 7.58. The van der Waals surface area contributed by atoms with Gasteiger partial charge in [0.25, 0.3) is 0 Å². The number of rotatable bonds is 5. The van der Waals surface area contributed by atoms with Gasteiger partial charge in [-0.2, -0.15) is 0 Å². The Labute approximate surface area is 138 Å². The lowest BCUT2D eigenvalue weighted by atomic mass is 10.2. The first kappa shape index (κ1) is 21.3. The smallest absolute Gasteiger partial charge is 0.333 e. The van der Waals surface area contributed by atoms with Gasteiger partial charge in [0.2, 0.25) is 0 Å². The molecule has 0 saturated heterocycles. The highest BCUT2D eigenvalue weighted by molar-refractivity contribution is 7.85. The van der Waals surface area contributed by atoms with Crippen LogP contribution in [0.2, 0.25) is 0 Å². The number of likely N-dealkylation sites (N-methyl/N-ethyl adjacent to an activating group) is 1. The van der Waals surface area contributed by atoms with E-state index in [0.717, 1.165) is 16.6 Å². The van der Waals surface area contributed by atoms with Crippen molar-refractivity contribution in [3.05, 3.63) is 42.0 Å². The highest BCUT2D eigenvalue weighted by Crippen LogP contribution is 2.08. The first-order chi connectivity index (χ1) is 10.3. The molecule has 0 aliphatic rings. The topological polar surface area (TPSA) is 83.5 Å². The SMILES string of the molecule is C=C(C)C(=O)OCC[N+](C)(C)C.Cc1ccc(S(=O)(=O)[O-])cc1. The molecule has 0 amide bonds. The van der Waals surface area contributed by atoms with Crippen LogP contribution in [0.1, 0.15) is 12.5 Å². The maximum absolute atomic E-state index is 10.9. The lowest BCUT2D eigenvalue weighted by molar-refractivity contribution is -0.870. The molecule has 0 aliphatic heterocycles. The fourth-order valence-electron chi connectivity index (χ4n) is 1.24. The fraction of sp³-hybridized carbons (Fsp3) is 0.438. The largest absolute Gasteiger partial charge is 0.744 e. The molecule has 0 atom stereocenters. The molecule has 0 aromatic heterocycles. The third-order valence-electron chi connectivity index (χ3n) is 2.65. The van der Waals surface area contributed by atoms with Crippen molar-refractivity contribution in [1.29, 1.82) is 0 Å². The Kier molecular flexibility index (Phi) is 8.16. The van der Waals surface area contributed by atoms with E-state index in [1.165, 1.54) is 12.1 Å². The average Bonchev–Trinajstić information content (AvgIpc) is 2.37. The maximum atomic E-state index is 10.9. The molecule has 23 heavy (non-hydrogen) atoms. The van der Waals surface area contributed by atoms with Gasteiger partial charge in [0.05, 0.1) is 26.0 Å². The van der Waals surface area contributed by atoms with Crippen molar-refractivity contribution < 1.29 is 27.0 Å². The maximum Gasteiger partial charge on any atom is 0.333 e. The van der Waals surface area contributed by atoms with Crippen LogP contribution in [0.15, 0.2) is 41.3 Å². The Bertz CT molecular complexity index is 627. The van der Waals surface area contributed by atoms with E-state index in [1.54, 1.807) is 19.1 Å². The van der Waals surface area contributed by atoms with E-state index in [9.17, 15) is 17.8 Å². The van der Waals surface area contributed by atoms with Gasteiger partial charge in [0.1, 0.15) is 23.3 Å². The lowest BCUT2D eigenvalue weighted by Gasteiger charge is -2.23. The monoisotopic (exact) mass is 343 g/mol. The number of nitrogens with zero attached hydrogens (tertiary/aromatic N) is 1. The van der Waals surface area contributed by atoms with Gasteiger partial charge in [-0.1, -0.05) is 24.3 Å². The van der Waals surface area contributed by atoms with E-state index in [4.69, 9.17) is 4.74 Å². The number of ether oxygens (including phenoxy) is 1. The molecule has 0 aliphatic carbocycles. The summed E-state index contributed by atoms with van der Waals surface area (Å²) < 4.78 is 36.9. The molecular weight excluding hydrogens is 318 g/mol. The second-order valence-electron chi connectivity index (χ2n) is 6.20. The molecule has 0 radical (unpaired) electrons. The minimum atomic E-state index is -4.27. The summed E-state index contributed by atoms with van der Waals surface area (Å²) in [6.07, 6.45) is 0. The van der Waals surface area contributed by atoms with E-state index in [1.807, 2.05) is 6.92 Å². The number of benzene rings is 1. The van der Waals surface area contributed by atoms with Gasteiger partial charge in [-0.05, 0) is 26.0 Å². The molecule has 0 bridgehead atoms. The molecule has 130 valence electrons. The molecule has 0 unspecified atom stereocenters. The number of aryl methyl sites for hydroxylation is 1. The lowest BCUT2D eigenvalue weighted by Crippen LogP contribution is -2.38. The number of hydrogen-bond acceptors (Lipinski definition) is 5. The van der Waals surface area contributed by atoms with Crippen LogP contribution in [0.25, 0.3) is 0 Å². The molecule has 0 saturated carbocycles. The summed E-state index contributed by atoms with van der Waals surface area (Å²) in [6.45, 7) is 8.23. The van der Waals surface area contributed by atoms with Crippen molar-refractivity contribution in [2.75, 3.05) is 34.3 Å². The Hall–Kier alpha value is -1.70. The number of carbonyl (C=O) groups excluding carboxylic acids is 1. The molecule has 0 fully saturated rings. The summed E-state index contributed by atoms with van der Waals surface area (Å²) in [5, 5.41) is 0. The van der Waals surface area contributed by atoms with Crippen LogP contribution in [0.5, 0.6) is 0 Å². The molecule has 1 aromatic carbocycles. The van der Waals surface area contributed by atoms with E-state index < -0.39 is 10.1 Å². The van der Waals surface area contributed by atoms with E-state index in [0.29, 0.717) is 12.2 Å². The van der Waals surface area contributed by atoms with Crippen molar-refractivity contribution in [3.8, 4) is 0 Å². The summed E-state index contributed by atoms with van der Waals surface area (Å²) in [6, 6.07) is 5.78. The zero-order valence-corrected chi connectivity index (χ0v) is 15.1. The predicted molar refractivity (Wildman–Crippen MR) is 87.8 cm³/mol. The minimum Gasteiger partial charge on any atom is -0.744 e. The summed E-state index contributed by atoms with van der Waals surface area (Å²) in [5.74, 6) is -0.302. The standard InChI is InChI=1S/C9H18NO2.C7H8O3S/c1-8(2)9(11)12-7-6-10(3,4)5;1-6-2-4-7(5-3-6)11(8,9)10/h1,6-7H2,2-5H3;2-5H,1H3,(H,8,9,10)/q+1;/p-1. The quantitative estimate of drug-likeness (QED) is 0.352. The molecular formula is C16H25NO5S. The van der Waals surface area contributed by atoms with Crippen molar-refractivity contribution in [1.82, 2.24) is 0 Å². The van der Waals surface area contributed by atoms with Crippen molar-refractivity contribution in [2.45, 2.75) is 18.7 Å². The first-order valence-corrected chi connectivity index (χ1v) is 8.39. The van der Waals surface area contributed by atoms with Gasteiger partial charge in [-0.3, -0.25) is 0 Å². The highest BCUT2D eigenvalue weighted by Gasteiger charge is 2.09. The Morgan fingerprint density at radius 3 is 2.04 bits per heavy atom. The van der Waals surface area contributed by atoms with Crippen LogP contribution in [-0.2, 0) is 19.6 Å². The minimum absolute atomic E-state index is 0.178. The van der Waals surface area contributed by atoms with Gasteiger partial charge < -0.3 is 13.8 Å². The second kappa shape index (κ2) is 8.81. The van der Waals surface area contributed by atoms with Crippen molar-refractivity contribution >= 4 is 16.1 Å². The average molecular weight is 343 g/mol. The normalized spacial score (nSPS) is 11.2. The van der Waals surface area contributed by atoms with E-state index >= 15 is 0 Å². The Morgan fingerprint density at radius 2 is 1.70 bits per heavy atom. The van der Waals surface area contributed by atoms with Gasteiger partial charge >= 0.3 is 5.97 Å². The van der Waals surface area contributed by atoms with Crippen molar-refractivity contribution in [2.24, 2.45) is 0 Å². The molecule has 1 rings (SSSR count). The first-order valence-electron chi connectivity index (χ1n) is 6.98. The Balaban J connectivity index is 0.000000422. The van der Waals surface area contributed by atoms with E-state index in [2.05, 4.69) is 27.7 Å². The van der Waals surface area contributed by atoms with Gasteiger partial charge in [0, 0.05) is 5.57 Å². The summed E-state index contributed by atoms with van der Waals surface area (Å²) >= 11 is 0. The third kappa shape index (κ3) is 10.6. The predicted octanol–water partition coefficient (Wildman–Crippen LogP) is 1.71. The van der Waals surface area contributed by atoms with Gasteiger partial charge in [0.15, 0.2) is 0 Å². The summed E-state index contributed by atoms with van der Waals surface area (Å²) in [4.78, 5) is 10.7. The summed E-state index contributed by atoms with van der Waals surface area (Å²) in [7, 11) is 1.88. The van der Waals surface area contributed by atoms with Crippen molar-refractivity contribution in [3.63, 3.8) is 0 Å². The number of carbonyl (C=O) groups is 1. The molecule has 1 aromatic rings. The van der Waals surface area contributed by atoms with Crippen LogP contribution in [0.4, 0.5) is 0 Å². The third-order valence-corrected chi connectivity index (χ3v) is 3.50. The molecule has 0 N–H and O–H groups in total. The molecule has 0 spiro atoms. The van der Waals surface area contributed by atoms with Gasteiger partial charge in [-0.15, -0.1) is 0 Å². The fourth-order valence-corrected chi connectivity index (χ4v) is 1.71. The zero-order chi connectivity index (χ0) is 18.3. The van der Waals surface area contributed by atoms with Crippen LogP contribution in [0.3, 0.4) is 0 Å². The zero-order valence-electron chi connectivity index (χ0n) is 14.3. The van der Waals surface area contributed by atoms with Gasteiger partial charge in [-0.25, -0.2) is 13.2 Å². The molecule has 0 heterocycles. The van der Waals surface area contributed by atoms with E-state index in [-0.39, 0.29) is 10.9 Å².